The standard InChI is InChI=1S/C11H14BrN5/c12-8-5-9-11(14-6-8)16-10(15-9)7-17-3-1-13-2-4-17/h5-6,13H,1-4,7H2,(H,14,15,16). The maximum Gasteiger partial charge on any atom is 0.177 e. The van der Waals surface area contributed by atoms with Gasteiger partial charge in [-0.05, 0) is 22.0 Å². The van der Waals surface area contributed by atoms with Crippen LogP contribution in [0.15, 0.2) is 16.7 Å². The fourth-order valence-electron chi connectivity index (χ4n) is 2.08. The summed E-state index contributed by atoms with van der Waals surface area (Å²) < 4.78 is 0.974. The van der Waals surface area contributed by atoms with Crippen molar-refractivity contribution in [3.63, 3.8) is 0 Å². The van der Waals surface area contributed by atoms with Gasteiger partial charge in [0.1, 0.15) is 5.82 Å². The molecule has 0 aromatic carbocycles. The summed E-state index contributed by atoms with van der Waals surface area (Å²) in [6.45, 7) is 5.14. The molecular formula is C11H14BrN5. The average molecular weight is 296 g/mol. The number of hydrogen-bond acceptors (Lipinski definition) is 4. The van der Waals surface area contributed by atoms with Gasteiger partial charge in [0.25, 0.3) is 0 Å². The van der Waals surface area contributed by atoms with Gasteiger partial charge < -0.3 is 10.3 Å². The zero-order valence-corrected chi connectivity index (χ0v) is 11.0. The SMILES string of the molecule is Brc1cnc2nc(CN3CCNCC3)[nH]c2c1. The Bertz CT molecular complexity index is 518. The molecule has 0 spiro atoms. The second-order valence-electron chi connectivity index (χ2n) is 4.23. The number of aromatic amines is 1. The molecule has 90 valence electrons. The van der Waals surface area contributed by atoms with Gasteiger partial charge in [-0.3, -0.25) is 4.90 Å². The largest absolute Gasteiger partial charge is 0.339 e. The predicted octanol–water partition coefficient (Wildman–Crippen LogP) is 1.13. The third-order valence-electron chi connectivity index (χ3n) is 2.94. The third-order valence-corrected chi connectivity index (χ3v) is 3.37. The summed E-state index contributed by atoms with van der Waals surface area (Å²) in [5, 5.41) is 3.34. The van der Waals surface area contributed by atoms with Crippen LogP contribution < -0.4 is 5.32 Å². The van der Waals surface area contributed by atoms with Gasteiger partial charge >= 0.3 is 0 Å². The van der Waals surface area contributed by atoms with E-state index in [0.717, 1.165) is 54.2 Å². The highest BCUT2D eigenvalue weighted by molar-refractivity contribution is 9.10. The van der Waals surface area contributed by atoms with Crippen LogP contribution in [0.1, 0.15) is 5.82 Å². The maximum atomic E-state index is 4.50. The predicted molar refractivity (Wildman–Crippen MR) is 69.7 cm³/mol. The van der Waals surface area contributed by atoms with E-state index >= 15 is 0 Å². The molecule has 2 aromatic rings. The van der Waals surface area contributed by atoms with Gasteiger partial charge in [-0.1, -0.05) is 0 Å². The van der Waals surface area contributed by atoms with Crippen molar-refractivity contribution in [3.8, 4) is 0 Å². The number of aromatic nitrogens is 3. The number of hydrogen-bond donors (Lipinski definition) is 2. The highest BCUT2D eigenvalue weighted by Crippen LogP contribution is 2.15. The van der Waals surface area contributed by atoms with Crippen LogP contribution in [-0.4, -0.2) is 46.0 Å². The van der Waals surface area contributed by atoms with Crippen molar-refractivity contribution in [1.82, 2.24) is 25.2 Å². The van der Waals surface area contributed by atoms with Crippen molar-refractivity contribution in [2.45, 2.75) is 6.54 Å². The van der Waals surface area contributed by atoms with E-state index in [2.05, 4.69) is 41.1 Å². The number of pyridine rings is 1. The third kappa shape index (κ3) is 2.48. The molecule has 0 atom stereocenters. The Kier molecular flexibility index (Phi) is 3.09. The molecule has 0 radical (unpaired) electrons. The monoisotopic (exact) mass is 295 g/mol. The Hall–Kier alpha value is -0.980. The zero-order valence-electron chi connectivity index (χ0n) is 9.41. The minimum atomic E-state index is 0.790. The Labute approximate surface area is 108 Å². The zero-order chi connectivity index (χ0) is 11.7. The molecular weight excluding hydrogens is 282 g/mol. The first-order valence-corrected chi connectivity index (χ1v) is 6.54. The smallest absolute Gasteiger partial charge is 0.177 e. The molecule has 1 aliphatic rings. The first kappa shape index (κ1) is 11.1. The fourth-order valence-corrected chi connectivity index (χ4v) is 2.41. The molecule has 0 amide bonds. The minimum Gasteiger partial charge on any atom is -0.339 e. The number of piperazine rings is 1. The summed E-state index contributed by atoms with van der Waals surface area (Å²) in [5.41, 5.74) is 1.78. The molecule has 2 N–H and O–H groups in total. The highest BCUT2D eigenvalue weighted by Gasteiger charge is 2.12. The van der Waals surface area contributed by atoms with E-state index in [0.29, 0.717) is 0 Å². The molecule has 0 bridgehead atoms. The van der Waals surface area contributed by atoms with Crippen LogP contribution in [0.3, 0.4) is 0 Å². The number of H-pyrrole nitrogens is 1. The fraction of sp³-hybridized carbons (Fsp3) is 0.455. The summed E-state index contributed by atoms with van der Waals surface area (Å²) >= 11 is 3.41. The molecule has 3 heterocycles. The summed E-state index contributed by atoms with van der Waals surface area (Å²) in [5.74, 6) is 0.993. The van der Waals surface area contributed by atoms with E-state index in [9.17, 15) is 0 Å². The summed E-state index contributed by atoms with van der Waals surface area (Å²) in [6.07, 6.45) is 1.78. The minimum absolute atomic E-state index is 0.790. The number of fused-ring (bicyclic) bond motifs is 1. The summed E-state index contributed by atoms with van der Waals surface area (Å²) in [7, 11) is 0. The molecule has 1 aliphatic heterocycles. The van der Waals surface area contributed by atoms with E-state index in [1.165, 1.54) is 0 Å². The number of rotatable bonds is 2. The second kappa shape index (κ2) is 4.72. The molecule has 1 fully saturated rings. The molecule has 0 saturated carbocycles. The van der Waals surface area contributed by atoms with Crippen LogP contribution in [0.25, 0.3) is 11.2 Å². The lowest BCUT2D eigenvalue weighted by Gasteiger charge is -2.26. The van der Waals surface area contributed by atoms with Gasteiger partial charge in [0.15, 0.2) is 5.65 Å². The molecule has 0 unspecified atom stereocenters. The van der Waals surface area contributed by atoms with Gasteiger partial charge in [-0.2, -0.15) is 0 Å². The normalized spacial score (nSPS) is 17.7. The van der Waals surface area contributed by atoms with Gasteiger partial charge in [0.2, 0.25) is 0 Å². The highest BCUT2D eigenvalue weighted by atomic mass is 79.9. The Morgan fingerprint density at radius 2 is 2.18 bits per heavy atom. The van der Waals surface area contributed by atoms with Gasteiger partial charge in [0.05, 0.1) is 12.1 Å². The maximum absolute atomic E-state index is 4.50. The van der Waals surface area contributed by atoms with E-state index < -0.39 is 0 Å². The Balaban J connectivity index is 1.80. The van der Waals surface area contributed by atoms with Crippen molar-refractivity contribution in [3.05, 3.63) is 22.6 Å². The quantitative estimate of drug-likeness (QED) is 0.872. The number of nitrogens with one attached hydrogen (secondary N) is 2. The first-order valence-electron chi connectivity index (χ1n) is 5.74. The van der Waals surface area contributed by atoms with Crippen LogP contribution >= 0.6 is 15.9 Å². The summed E-state index contributed by atoms with van der Waals surface area (Å²) in [6, 6.07) is 2.01. The van der Waals surface area contributed by atoms with E-state index in [1.54, 1.807) is 6.20 Å². The van der Waals surface area contributed by atoms with Crippen molar-refractivity contribution < 1.29 is 0 Å². The van der Waals surface area contributed by atoms with Crippen molar-refractivity contribution in [1.29, 1.82) is 0 Å². The molecule has 1 saturated heterocycles. The number of nitrogens with zero attached hydrogens (tertiary/aromatic N) is 3. The Morgan fingerprint density at radius 1 is 1.35 bits per heavy atom. The molecule has 0 aliphatic carbocycles. The van der Waals surface area contributed by atoms with Crippen molar-refractivity contribution in [2.24, 2.45) is 0 Å². The average Bonchev–Trinajstić information content (AvgIpc) is 2.71. The van der Waals surface area contributed by atoms with Gasteiger partial charge in [0, 0.05) is 36.8 Å². The Morgan fingerprint density at radius 3 is 3.00 bits per heavy atom. The number of halogens is 1. The van der Waals surface area contributed by atoms with Crippen molar-refractivity contribution >= 4 is 27.1 Å². The molecule has 3 rings (SSSR count). The molecule has 2 aromatic heterocycles. The van der Waals surface area contributed by atoms with E-state index in [1.807, 2.05) is 6.07 Å². The molecule has 17 heavy (non-hydrogen) atoms. The molecule has 6 heteroatoms. The topological polar surface area (TPSA) is 56.8 Å². The van der Waals surface area contributed by atoms with Crippen LogP contribution in [0, 0.1) is 0 Å². The van der Waals surface area contributed by atoms with Crippen LogP contribution in [0.2, 0.25) is 0 Å². The van der Waals surface area contributed by atoms with Gasteiger partial charge in [-0.25, -0.2) is 9.97 Å². The summed E-state index contributed by atoms with van der Waals surface area (Å²) in [4.78, 5) is 14.5. The lowest BCUT2D eigenvalue weighted by Crippen LogP contribution is -2.43. The van der Waals surface area contributed by atoms with Crippen LogP contribution in [0.4, 0.5) is 0 Å². The van der Waals surface area contributed by atoms with Crippen LogP contribution in [-0.2, 0) is 6.54 Å². The van der Waals surface area contributed by atoms with E-state index in [-0.39, 0.29) is 0 Å². The van der Waals surface area contributed by atoms with Gasteiger partial charge in [-0.15, -0.1) is 0 Å². The van der Waals surface area contributed by atoms with Crippen molar-refractivity contribution in [2.75, 3.05) is 26.2 Å². The van der Waals surface area contributed by atoms with E-state index in [4.69, 9.17) is 0 Å². The molecule has 5 nitrogen and oxygen atoms in total. The second-order valence-corrected chi connectivity index (χ2v) is 5.15. The number of imidazole rings is 1. The lowest BCUT2D eigenvalue weighted by atomic mass is 10.3. The van der Waals surface area contributed by atoms with Crippen LogP contribution in [0.5, 0.6) is 0 Å². The lowest BCUT2D eigenvalue weighted by molar-refractivity contribution is 0.229. The first-order chi connectivity index (χ1) is 8.31.